The molecule has 1 aliphatic heterocycles. The van der Waals surface area contributed by atoms with E-state index in [2.05, 4.69) is 35.4 Å². The average molecular weight is 255 g/mol. The van der Waals surface area contributed by atoms with Gasteiger partial charge in [-0.05, 0) is 17.9 Å². The summed E-state index contributed by atoms with van der Waals surface area (Å²) in [4.78, 5) is 3.13. The van der Waals surface area contributed by atoms with Gasteiger partial charge in [0.1, 0.15) is 0 Å². The van der Waals surface area contributed by atoms with Crippen molar-refractivity contribution >= 4 is 21.8 Å². The molecule has 0 saturated carbocycles. The summed E-state index contributed by atoms with van der Waals surface area (Å²) in [6, 6.07) is 12.4. The van der Waals surface area contributed by atoms with Crippen LogP contribution in [0.25, 0.3) is 0 Å². The van der Waals surface area contributed by atoms with Crippen molar-refractivity contribution in [3.63, 3.8) is 0 Å². The molecule has 0 aromatic carbocycles. The summed E-state index contributed by atoms with van der Waals surface area (Å²) in [6.07, 6.45) is 2.43. The van der Waals surface area contributed by atoms with Crippen LogP contribution in [0, 0.1) is 0 Å². The van der Waals surface area contributed by atoms with Crippen molar-refractivity contribution in [1.82, 2.24) is 4.89 Å². The van der Waals surface area contributed by atoms with E-state index in [4.69, 9.17) is 4.28 Å². The summed E-state index contributed by atoms with van der Waals surface area (Å²) in [7, 11) is -1.11. The van der Waals surface area contributed by atoms with Gasteiger partial charge in [-0.25, -0.2) is 4.28 Å². The van der Waals surface area contributed by atoms with Gasteiger partial charge in [-0.3, -0.25) is 0 Å². The molecule has 88 valence electrons. The first-order valence-corrected chi connectivity index (χ1v) is 8.11. The molecule has 2 nitrogen and oxygen atoms in total. The maximum atomic E-state index is 5.53. The van der Waals surface area contributed by atoms with Crippen LogP contribution in [0.5, 0.6) is 0 Å². The van der Waals surface area contributed by atoms with E-state index in [9.17, 15) is 0 Å². The highest BCUT2D eigenvalue weighted by Gasteiger charge is 2.40. The fraction of sp³-hybridized carbons (Fsp3) is 0.333. The van der Waals surface area contributed by atoms with Crippen molar-refractivity contribution in [2.45, 2.75) is 24.0 Å². The van der Waals surface area contributed by atoms with E-state index < -0.39 is 10.5 Å². The molecule has 1 aromatic heterocycles. The summed E-state index contributed by atoms with van der Waals surface area (Å²) in [6.45, 7) is 2.21. The lowest BCUT2D eigenvalue weighted by Gasteiger charge is -2.11. The Labute approximate surface area is 103 Å². The van der Waals surface area contributed by atoms with Gasteiger partial charge in [0.2, 0.25) is 0 Å². The second kappa shape index (κ2) is 5.68. The molecule has 0 radical (unpaired) electrons. The van der Waals surface area contributed by atoms with E-state index in [1.165, 1.54) is 17.1 Å². The first-order valence-electron chi connectivity index (χ1n) is 5.50. The van der Waals surface area contributed by atoms with Crippen LogP contribution in [0.2, 0.25) is 0 Å². The van der Waals surface area contributed by atoms with Gasteiger partial charge in [0.05, 0.1) is 4.21 Å². The Kier molecular flexibility index (Phi) is 4.23. The Morgan fingerprint density at radius 2 is 2.00 bits per heavy atom. The van der Waals surface area contributed by atoms with Gasteiger partial charge in [0.25, 0.3) is 0 Å². The molecular weight excluding hydrogens is 238 g/mol. The minimum atomic E-state index is -1.11. The molecule has 2 heterocycles. The van der Waals surface area contributed by atoms with E-state index in [0.717, 1.165) is 5.75 Å². The maximum absolute atomic E-state index is 5.53. The van der Waals surface area contributed by atoms with Crippen molar-refractivity contribution < 1.29 is 4.28 Å². The third kappa shape index (κ3) is 2.98. The van der Waals surface area contributed by atoms with Crippen LogP contribution in [-0.2, 0) is 4.28 Å². The fourth-order valence-corrected chi connectivity index (χ4v) is 4.92. The zero-order valence-electron chi connectivity index (χ0n) is 9.39. The highest BCUT2D eigenvalue weighted by Crippen LogP contribution is 2.65. The SMILES string of the molecule is CCCCS1(c2cccccccs2)NO1. The second-order valence-electron chi connectivity index (χ2n) is 3.60. The highest BCUT2D eigenvalue weighted by molar-refractivity contribution is 8.33. The van der Waals surface area contributed by atoms with E-state index in [1.807, 2.05) is 18.2 Å². The largest absolute Gasteiger partial charge is 0.221 e. The summed E-state index contributed by atoms with van der Waals surface area (Å²) >= 11 is 1.76. The standard InChI is InChI=1S/C12H17NOS2/c1-2-3-11-16(13-14-16)12-9-7-5-4-6-8-10-15-12/h4-10,13H,2-3,11H2,1H3. The Morgan fingerprint density at radius 3 is 2.75 bits per heavy atom. The lowest BCUT2D eigenvalue weighted by atomic mass is 10.4. The predicted molar refractivity (Wildman–Crippen MR) is 71.8 cm³/mol. The molecule has 0 spiro atoms. The van der Waals surface area contributed by atoms with Crippen molar-refractivity contribution in [1.29, 1.82) is 0 Å². The first-order chi connectivity index (χ1) is 7.87. The summed E-state index contributed by atoms with van der Waals surface area (Å²) in [5, 5.41) is 2.11. The van der Waals surface area contributed by atoms with Gasteiger partial charge in [0, 0.05) is 16.2 Å². The van der Waals surface area contributed by atoms with Gasteiger partial charge in [-0.1, -0.05) is 43.7 Å². The molecule has 1 unspecified atom stereocenters. The monoisotopic (exact) mass is 255 g/mol. The quantitative estimate of drug-likeness (QED) is 0.818. The van der Waals surface area contributed by atoms with Gasteiger partial charge in [-0.2, -0.15) is 0 Å². The topological polar surface area (TPSA) is 34.5 Å². The zero-order chi connectivity index (χ0) is 11.3. The van der Waals surface area contributed by atoms with E-state index in [1.54, 1.807) is 11.3 Å². The molecule has 4 heteroatoms. The van der Waals surface area contributed by atoms with E-state index in [-0.39, 0.29) is 0 Å². The van der Waals surface area contributed by atoms with E-state index >= 15 is 0 Å². The smallest absolute Gasteiger partial charge is 0.0822 e. The van der Waals surface area contributed by atoms with Gasteiger partial charge in [-0.15, -0.1) is 16.2 Å². The lowest BCUT2D eigenvalue weighted by molar-refractivity contribution is 0.467. The number of nitrogens with one attached hydrogen (secondary N) is 1. The van der Waals surface area contributed by atoms with Crippen LogP contribution in [0.1, 0.15) is 19.8 Å². The van der Waals surface area contributed by atoms with Crippen molar-refractivity contribution in [3.8, 4) is 0 Å². The molecule has 16 heavy (non-hydrogen) atoms. The van der Waals surface area contributed by atoms with E-state index in [0.29, 0.717) is 0 Å². The highest BCUT2D eigenvalue weighted by atomic mass is 32.3. The maximum Gasteiger partial charge on any atom is 0.0822 e. The van der Waals surface area contributed by atoms with Crippen LogP contribution in [0.4, 0.5) is 0 Å². The molecule has 1 saturated heterocycles. The molecule has 0 aliphatic carbocycles. The number of unbranched alkanes of at least 4 members (excludes halogenated alkanes) is 1. The fourth-order valence-electron chi connectivity index (χ4n) is 1.36. The number of hydrogen-bond acceptors (Lipinski definition) is 3. The molecule has 1 N–H and O–H groups in total. The van der Waals surface area contributed by atoms with Gasteiger partial charge in [0.15, 0.2) is 0 Å². The molecule has 1 fully saturated rings. The molecule has 0 amide bonds. The zero-order valence-corrected chi connectivity index (χ0v) is 11.0. The summed E-state index contributed by atoms with van der Waals surface area (Å²) < 4.78 is 6.85. The van der Waals surface area contributed by atoms with Crippen molar-refractivity contribution in [3.05, 3.63) is 41.8 Å². The summed E-state index contributed by atoms with van der Waals surface area (Å²) in [5.74, 6) is 1.12. The van der Waals surface area contributed by atoms with Crippen molar-refractivity contribution in [2.75, 3.05) is 5.75 Å². The first kappa shape index (κ1) is 11.9. The normalized spacial score (nSPS) is 26.6. The molecule has 1 aromatic rings. The molecule has 1 aliphatic rings. The molecular formula is C12H17NOS2. The number of rotatable bonds is 4. The molecule has 0 bridgehead atoms. The van der Waals surface area contributed by atoms with Gasteiger partial charge < -0.3 is 0 Å². The Hall–Kier alpha value is -0.550. The summed E-state index contributed by atoms with van der Waals surface area (Å²) in [5.41, 5.74) is 0. The third-order valence-electron chi connectivity index (χ3n) is 2.33. The molecule has 2 rings (SSSR count). The van der Waals surface area contributed by atoms with Crippen LogP contribution < -0.4 is 4.89 Å². The Morgan fingerprint density at radius 1 is 1.25 bits per heavy atom. The molecule has 1 atom stereocenters. The Balaban J connectivity index is 2.24. The minimum absolute atomic E-state index is 1.11. The van der Waals surface area contributed by atoms with Crippen LogP contribution in [0.15, 0.2) is 46.0 Å². The van der Waals surface area contributed by atoms with Gasteiger partial charge >= 0.3 is 0 Å². The van der Waals surface area contributed by atoms with Crippen molar-refractivity contribution in [2.24, 2.45) is 0 Å². The predicted octanol–water partition coefficient (Wildman–Crippen LogP) is 4.20. The van der Waals surface area contributed by atoms with Crippen LogP contribution in [-0.4, -0.2) is 5.75 Å². The average Bonchev–Trinajstić information content (AvgIpc) is 3.05. The minimum Gasteiger partial charge on any atom is -0.221 e. The van der Waals surface area contributed by atoms with Crippen LogP contribution >= 0.6 is 21.8 Å². The van der Waals surface area contributed by atoms with Crippen LogP contribution in [0.3, 0.4) is 0 Å². The Bertz CT molecular complexity index is 362. The third-order valence-corrected chi connectivity index (χ3v) is 6.31. The second-order valence-corrected chi connectivity index (χ2v) is 7.34. The number of hydrogen-bond donors (Lipinski definition) is 1. The lowest BCUT2D eigenvalue weighted by Crippen LogP contribution is -1.91.